The van der Waals surface area contributed by atoms with Gasteiger partial charge in [0.2, 0.25) is 0 Å². The van der Waals surface area contributed by atoms with Crippen LogP contribution in [0.4, 0.5) is 0 Å². The van der Waals surface area contributed by atoms with Crippen molar-refractivity contribution in [3.05, 3.63) is 53.9 Å². The zero-order valence-electron chi connectivity index (χ0n) is 15.1. The van der Waals surface area contributed by atoms with Gasteiger partial charge in [-0.1, -0.05) is 17.7 Å². The van der Waals surface area contributed by atoms with Crippen LogP contribution in [0.25, 0.3) is 0 Å². The first-order valence-corrected chi connectivity index (χ1v) is 9.26. The summed E-state index contributed by atoms with van der Waals surface area (Å²) in [5.74, 6) is 0.189. The molecule has 2 fully saturated rings. The minimum atomic E-state index is -0.659. The highest BCUT2D eigenvalue weighted by molar-refractivity contribution is 5.94. The summed E-state index contributed by atoms with van der Waals surface area (Å²) in [6, 6.07) is 9.53. The molecule has 26 heavy (non-hydrogen) atoms. The van der Waals surface area contributed by atoms with Gasteiger partial charge in [0.15, 0.2) is 0 Å². The quantitative estimate of drug-likeness (QED) is 0.850. The Labute approximate surface area is 153 Å². The monoisotopic (exact) mass is 352 g/mol. The van der Waals surface area contributed by atoms with Crippen molar-refractivity contribution in [1.29, 1.82) is 0 Å². The van der Waals surface area contributed by atoms with E-state index in [0.29, 0.717) is 31.5 Å². The number of likely N-dealkylation sites (tertiary alicyclic amines) is 2. The van der Waals surface area contributed by atoms with Crippen molar-refractivity contribution in [2.24, 2.45) is 0 Å². The summed E-state index contributed by atoms with van der Waals surface area (Å²) in [5, 5.41) is 4.38. The number of piperidine rings is 1. The lowest BCUT2D eigenvalue weighted by molar-refractivity contribution is -0.147. The number of amides is 2. The fourth-order valence-corrected chi connectivity index (χ4v) is 3.92. The Balaban J connectivity index is 1.54. The summed E-state index contributed by atoms with van der Waals surface area (Å²) >= 11 is 0. The Morgan fingerprint density at radius 3 is 2.38 bits per heavy atom. The molecule has 1 aromatic heterocycles. The topological polar surface area (TPSA) is 58.4 Å². The van der Waals surface area contributed by atoms with Crippen molar-refractivity contribution in [2.75, 3.05) is 26.2 Å². The van der Waals surface area contributed by atoms with E-state index in [4.69, 9.17) is 0 Å². The summed E-state index contributed by atoms with van der Waals surface area (Å²) in [5.41, 5.74) is 1.13. The summed E-state index contributed by atoms with van der Waals surface area (Å²) < 4.78 is 1.81. The van der Waals surface area contributed by atoms with E-state index in [-0.39, 0.29) is 11.8 Å². The summed E-state index contributed by atoms with van der Waals surface area (Å²) in [6.07, 6.45) is 5.85. The van der Waals surface area contributed by atoms with Crippen LogP contribution in [0.15, 0.2) is 42.7 Å². The van der Waals surface area contributed by atoms with Gasteiger partial charge in [0.25, 0.3) is 11.8 Å². The molecule has 6 heteroatoms. The third-order valence-electron chi connectivity index (χ3n) is 5.63. The van der Waals surface area contributed by atoms with Crippen molar-refractivity contribution >= 4 is 11.8 Å². The van der Waals surface area contributed by atoms with Gasteiger partial charge in [-0.25, -0.2) is 0 Å². The third kappa shape index (κ3) is 2.79. The Bertz CT molecular complexity index is 803. The first kappa shape index (κ1) is 16.8. The molecule has 2 aliphatic heterocycles. The summed E-state index contributed by atoms with van der Waals surface area (Å²) in [7, 11) is 0. The van der Waals surface area contributed by atoms with Gasteiger partial charge < -0.3 is 9.80 Å². The van der Waals surface area contributed by atoms with Crippen molar-refractivity contribution < 1.29 is 9.59 Å². The molecule has 6 nitrogen and oxygen atoms in total. The lowest BCUT2D eigenvalue weighted by atomic mass is 9.85. The number of aryl methyl sites for hydroxylation is 1. The predicted octanol–water partition coefficient (Wildman–Crippen LogP) is 2.06. The predicted molar refractivity (Wildman–Crippen MR) is 97.7 cm³/mol. The fourth-order valence-electron chi connectivity index (χ4n) is 3.92. The molecule has 0 unspecified atom stereocenters. The maximum atomic E-state index is 13.2. The largest absolute Gasteiger partial charge is 0.340 e. The standard InChI is InChI=1S/C20H24N4O2/c1-16-5-2-6-17(15-16)18(25)22-13-7-20(8-14-22,24-12-3-9-21-24)19(26)23-10-4-11-23/h2-3,5-6,9,12,15H,4,7-8,10-11,13-14H2,1H3. The van der Waals surface area contributed by atoms with Gasteiger partial charge in [0, 0.05) is 44.1 Å². The first-order chi connectivity index (χ1) is 12.6. The van der Waals surface area contributed by atoms with Crippen LogP contribution < -0.4 is 0 Å². The van der Waals surface area contributed by atoms with Gasteiger partial charge in [-0.3, -0.25) is 14.3 Å². The molecule has 0 bridgehead atoms. The highest BCUT2D eigenvalue weighted by Crippen LogP contribution is 2.33. The smallest absolute Gasteiger partial charge is 0.253 e. The molecule has 0 spiro atoms. The maximum absolute atomic E-state index is 13.2. The minimum Gasteiger partial charge on any atom is -0.340 e. The van der Waals surface area contributed by atoms with Gasteiger partial charge in [-0.2, -0.15) is 5.10 Å². The number of hydrogen-bond donors (Lipinski definition) is 0. The zero-order valence-corrected chi connectivity index (χ0v) is 15.1. The van der Waals surface area contributed by atoms with E-state index in [1.54, 1.807) is 6.20 Å². The number of carbonyl (C=O) groups is 2. The molecular formula is C20H24N4O2. The second kappa shape index (κ2) is 6.59. The minimum absolute atomic E-state index is 0.0409. The van der Waals surface area contributed by atoms with Crippen LogP contribution >= 0.6 is 0 Å². The molecule has 2 aromatic rings. The number of benzene rings is 1. The van der Waals surface area contributed by atoms with Crippen LogP contribution in [0.2, 0.25) is 0 Å². The molecule has 1 aromatic carbocycles. The summed E-state index contributed by atoms with van der Waals surface area (Å²) in [4.78, 5) is 29.8. The van der Waals surface area contributed by atoms with Gasteiger partial charge in [0.1, 0.15) is 5.54 Å². The van der Waals surface area contributed by atoms with Gasteiger partial charge in [-0.15, -0.1) is 0 Å². The normalized spacial score (nSPS) is 19.1. The molecule has 3 heterocycles. The first-order valence-electron chi connectivity index (χ1n) is 9.26. The van der Waals surface area contributed by atoms with Crippen LogP contribution in [-0.4, -0.2) is 57.6 Å². The van der Waals surface area contributed by atoms with Crippen LogP contribution in [0, 0.1) is 6.92 Å². The highest BCUT2D eigenvalue weighted by Gasteiger charge is 2.47. The van der Waals surface area contributed by atoms with Crippen LogP contribution in [0.1, 0.15) is 35.2 Å². The van der Waals surface area contributed by atoms with E-state index in [2.05, 4.69) is 5.10 Å². The number of aromatic nitrogens is 2. The van der Waals surface area contributed by atoms with E-state index in [1.807, 2.05) is 57.9 Å². The number of carbonyl (C=O) groups excluding carboxylic acids is 2. The molecule has 4 rings (SSSR count). The number of rotatable bonds is 3. The second-order valence-corrected chi connectivity index (χ2v) is 7.29. The molecule has 136 valence electrons. The zero-order chi connectivity index (χ0) is 18.1. The molecule has 2 amide bonds. The Morgan fingerprint density at radius 1 is 1.04 bits per heavy atom. The van der Waals surface area contributed by atoms with E-state index in [0.717, 1.165) is 25.1 Å². The van der Waals surface area contributed by atoms with Crippen LogP contribution in [-0.2, 0) is 10.3 Å². The van der Waals surface area contributed by atoms with Crippen molar-refractivity contribution in [3.8, 4) is 0 Å². The fraction of sp³-hybridized carbons (Fsp3) is 0.450. The summed E-state index contributed by atoms with van der Waals surface area (Å²) in [6.45, 7) is 4.77. The van der Waals surface area contributed by atoms with E-state index in [1.165, 1.54) is 0 Å². The molecule has 2 saturated heterocycles. The lowest BCUT2D eigenvalue weighted by Crippen LogP contribution is -2.59. The van der Waals surface area contributed by atoms with E-state index >= 15 is 0 Å². The SMILES string of the molecule is Cc1cccc(C(=O)N2CCC(C(=O)N3CCC3)(n3cccn3)CC2)c1. The van der Waals surface area contributed by atoms with Gasteiger partial charge in [0.05, 0.1) is 0 Å². The third-order valence-corrected chi connectivity index (χ3v) is 5.63. The molecule has 0 aliphatic carbocycles. The molecule has 0 radical (unpaired) electrons. The second-order valence-electron chi connectivity index (χ2n) is 7.29. The van der Waals surface area contributed by atoms with Gasteiger partial charge in [-0.05, 0) is 44.4 Å². The Kier molecular flexibility index (Phi) is 4.26. The van der Waals surface area contributed by atoms with Crippen LogP contribution in [0.5, 0.6) is 0 Å². The van der Waals surface area contributed by atoms with E-state index < -0.39 is 5.54 Å². The number of hydrogen-bond acceptors (Lipinski definition) is 3. The highest BCUT2D eigenvalue weighted by atomic mass is 16.2. The van der Waals surface area contributed by atoms with Crippen molar-refractivity contribution in [2.45, 2.75) is 31.7 Å². The molecule has 0 atom stereocenters. The molecular weight excluding hydrogens is 328 g/mol. The van der Waals surface area contributed by atoms with Gasteiger partial charge >= 0.3 is 0 Å². The average molecular weight is 352 g/mol. The molecule has 0 saturated carbocycles. The van der Waals surface area contributed by atoms with E-state index in [9.17, 15) is 9.59 Å². The van der Waals surface area contributed by atoms with Crippen molar-refractivity contribution in [1.82, 2.24) is 19.6 Å². The van der Waals surface area contributed by atoms with Crippen LogP contribution in [0.3, 0.4) is 0 Å². The average Bonchev–Trinajstić information content (AvgIpc) is 3.15. The Hall–Kier alpha value is -2.63. The van der Waals surface area contributed by atoms with Crippen molar-refractivity contribution in [3.63, 3.8) is 0 Å². The Morgan fingerprint density at radius 2 is 1.81 bits per heavy atom. The molecule has 2 aliphatic rings. The number of nitrogens with zero attached hydrogens (tertiary/aromatic N) is 4. The maximum Gasteiger partial charge on any atom is 0.253 e. The molecule has 0 N–H and O–H groups in total. The lowest BCUT2D eigenvalue weighted by Gasteiger charge is -2.45.